The fraction of sp³-hybridized carbons (Fsp3) is 0.364. The SMILES string of the molecule is O=C=NC1(c2cc(F)cc(Br)c2F)CCC1. The average Bonchev–Trinajstić information content (AvgIpc) is 2.17. The van der Waals surface area contributed by atoms with Crippen LogP contribution in [0.2, 0.25) is 0 Å². The Bertz CT molecular complexity index is 479. The van der Waals surface area contributed by atoms with Crippen molar-refractivity contribution in [2.45, 2.75) is 24.8 Å². The lowest BCUT2D eigenvalue weighted by Gasteiger charge is -2.37. The number of carbonyl (C=O) groups excluding carboxylic acids is 1. The highest BCUT2D eigenvalue weighted by Crippen LogP contribution is 2.46. The van der Waals surface area contributed by atoms with Crippen LogP contribution in [0.25, 0.3) is 0 Å². The summed E-state index contributed by atoms with van der Waals surface area (Å²) >= 11 is 2.94. The standard InChI is InChI=1S/C11H8BrF2NO/c12-9-5-7(13)4-8(10(9)14)11(15-6-16)2-1-3-11/h4-5H,1-3H2. The number of aliphatic imine (C=N–C) groups is 1. The average molecular weight is 288 g/mol. The molecule has 1 fully saturated rings. The van der Waals surface area contributed by atoms with E-state index in [0.717, 1.165) is 18.6 Å². The second kappa shape index (κ2) is 4.07. The first-order chi connectivity index (χ1) is 7.59. The van der Waals surface area contributed by atoms with E-state index in [9.17, 15) is 13.6 Å². The molecular formula is C11H8BrF2NO. The molecule has 0 aromatic heterocycles. The number of halogens is 3. The molecule has 0 heterocycles. The van der Waals surface area contributed by atoms with Gasteiger partial charge in [-0.2, -0.15) is 4.99 Å². The van der Waals surface area contributed by atoms with Crippen molar-refractivity contribution in [2.24, 2.45) is 4.99 Å². The predicted octanol–water partition coefficient (Wildman–Crippen LogP) is 3.44. The number of nitrogens with zero attached hydrogens (tertiary/aromatic N) is 1. The van der Waals surface area contributed by atoms with Gasteiger partial charge in [0.1, 0.15) is 17.2 Å². The van der Waals surface area contributed by atoms with Crippen LogP contribution in [0.15, 0.2) is 21.6 Å². The van der Waals surface area contributed by atoms with E-state index in [0.29, 0.717) is 12.8 Å². The van der Waals surface area contributed by atoms with Gasteiger partial charge in [0.2, 0.25) is 6.08 Å². The number of isocyanates is 1. The number of rotatable bonds is 2. The number of hydrogen-bond donors (Lipinski definition) is 0. The molecule has 0 radical (unpaired) electrons. The largest absolute Gasteiger partial charge is 0.235 e. The van der Waals surface area contributed by atoms with Gasteiger partial charge in [-0.25, -0.2) is 13.6 Å². The van der Waals surface area contributed by atoms with Crippen molar-refractivity contribution in [1.82, 2.24) is 0 Å². The topological polar surface area (TPSA) is 29.4 Å². The van der Waals surface area contributed by atoms with Crippen LogP contribution in [0.5, 0.6) is 0 Å². The first kappa shape index (κ1) is 11.4. The van der Waals surface area contributed by atoms with E-state index in [2.05, 4.69) is 20.9 Å². The molecule has 1 aromatic rings. The highest BCUT2D eigenvalue weighted by Gasteiger charge is 2.41. The monoisotopic (exact) mass is 287 g/mol. The molecule has 0 N–H and O–H groups in total. The Balaban J connectivity index is 2.58. The molecule has 0 bridgehead atoms. The van der Waals surface area contributed by atoms with Crippen molar-refractivity contribution in [3.63, 3.8) is 0 Å². The third kappa shape index (κ3) is 1.70. The smallest absolute Gasteiger partial charge is 0.211 e. The molecule has 16 heavy (non-hydrogen) atoms. The number of hydrogen-bond acceptors (Lipinski definition) is 2. The van der Waals surface area contributed by atoms with Gasteiger partial charge in [0.15, 0.2) is 0 Å². The van der Waals surface area contributed by atoms with Crippen molar-refractivity contribution in [3.05, 3.63) is 33.8 Å². The first-order valence-corrected chi connectivity index (χ1v) is 5.62. The summed E-state index contributed by atoms with van der Waals surface area (Å²) in [5.41, 5.74) is -0.773. The maximum Gasteiger partial charge on any atom is 0.235 e. The van der Waals surface area contributed by atoms with Crippen LogP contribution >= 0.6 is 15.9 Å². The third-order valence-corrected chi connectivity index (χ3v) is 3.51. The zero-order valence-corrected chi connectivity index (χ0v) is 9.85. The molecule has 84 valence electrons. The molecule has 0 spiro atoms. The van der Waals surface area contributed by atoms with Crippen molar-refractivity contribution < 1.29 is 13.6 Å². The van der Waals surface area contributed by atoms with Crippen molar-refractivity contribution in [3.8, 4) is 0 Å². The summed E-state index contributed by atoms with van der Waals surface area (Å²) < 4.78 is 27.1. The van der Waals surface area contributed by atoms with Crippen molar-refractivity contribution in [1.29, 1.82) is 0 Å². The lowest BCUT2D eigenvalue weighted by Crippen LogP contribution is -2.33. The molecule has 0 saturated heterocycles. The van der Waals surface area contributed by atoms with Gasteiger partial charge in [0, 0.05) is 5.56 Å². The van der Waals surface area contributed by atoms with E-state index in [-0.39, 0.29) is 10.0 Å². The maximum atomic E-state index is 13.8. The summed E-state index contributed by atoms with van der Waals surface area (Å²) in [7, 11) is 0. The molecule has 5 heteroatoms. The Morgan fingerprint density at radius 2 is 2.06 bits per heavy atom. The highest BCUT2D eigenvalue weighted by atomic mass is 79.9. The van der Waals surface area contributed by atoms with E-state index in [4.69, 9.17) is 0 Å². The summed E-state index contributed by atoms with van der Waals surface area (Å²) in [6.45, 7) is 0. The molecule has 0 unspecified atom stereocenters. The fourth-order valence-corrected chi connectivity index (χ4v) is 2.37. The third-order valence-electron chi connectivity index (χ3n) is 2.93. The first-order valence-electron chi connectivity index (χ1n) is 4.83. The molecule has 0 atom stereocenters. The minimum atomic E-state index is -0.906. The lowest BCUT2D eigenvalue weighted by molar-refractivity contribution is 0.246. The Morgan fingerprint density at radius 1 is 1.38 bits per heavy atom. The summed E-state index contributed by atoms with van der Waals surface area (Å²) in [5, 5.41) is 0. The van der Waals surface area contributed by atoms with Crippen LogP contribution in [0.1, 0.15) is 24.8 Å². The van der Waals surface area contributed by atoms with Gasteiger partial charge in [0.05, 0.1) is 4.47 Å². The van der Waals surface area contributed by atoms with Gasteiger partial charge in [-0.05, 0) is 47.3 Å². The predicted molar refractivity (Wildman–Crippen MR) is 57.7 cm³/mol. The summed E-state index contributed by atoms with van der Waals surface area (Å²) in [5.74, 6) is -1.10. The van der Waals surface area contributed by atoms with Crippen LogP contribution in [0.4, 0.5) is 8.78 Å². The van der Waals surface area contributed by atoms with Gasteiger partial charge in [-0.3, -0.25) is 0 Å². The van der Waals surface area contributed by atoms with Gasteiger partial charge >= 0.3 is 0 Å². The molecule has 1 aliphatic carbocycles. The minimum absolute atomic E-state index is 0.0508. The lowest BCUT2D eigenvalue weighted by atomic mass is 9.72. The second-order valence-corrected chi connectivity index (χ2v) is 4.69. The van der Waals surface area contributed by atoms with Crippen molar-refractivity contribution in [2.75, 3.05) is 0 Å². The number of benzene rings is 1. The summed E-state index contributed by atoms with van der Waals surface area (Å²) in [4.78, 5) is 14.0. The minimum Gasteiger partial charge on any atom is -0.211 e. The normalized spacial score (nSPS) is 17.4. The quantitative estimate of drug-likeness (QED) is 0.465. The van der Waals surface area contributed by atoms with Gasteiger partial charge in [0.25, 0.3) is 0 Å². The summed E-state index contributed by atoms with van der Waals surface area (Å²) in [6, 6.07) is 2.15. The molecule has 1 aromatic carbocycles. The van der Waals surface area contributed by atoms with E-state index in [1.54, 1.807) is 0 Å². The highest BCUT2D eigenvalue weighted by molar-refractivity contribution is 9.10. The van der Waals surface area contributed by atoms with Crippen LogP contribution in [-0.4, -0.2) is 6.08 Å². The van der Waals surface area contributed by atoms with Crippen LogP contribution in [0, 0.1) is 11.6 Å². The van der Waals surface area contributed by atoms with Gasteiger partial charge in [-0.15, -0.1) is 0 Å². The van der Waals surface area contributed by atoms with Crippen LogP contribution < -0.4 is 0 Å². The Kier molecular flexibility index (Phi) is 2.91. The molecule has 1 aliphatic rings. The fourth-order valence-electron chi connectivity index (χ4n) is 1.94. The molecule has 1 saturated carbocycles. The van der Waals surface area contributed by atoms with E-state index in [1.807, 2.05) is 0 Å². The summed E-state index contributed by atoms with van der Waals surface area (Å²) in [6.07, 6.45) is 3.39. The zero-order valence-electron chi connectivity index (χ0n) is 8.27. The Morgan fingerprint density at radius 3 is 2.56 bits per heavy atom. The molecule has 2 nitrogen and oxygen atoms in total. The van der Waals surface area contributed by atoms with Crippen LogP contribution in [-0.2, 0) is 10.3 Å². The van der Waals surface area contributed by atoms with E-state index in [1.165, 1.54) is 6.08 Å². The zero-order chi connectivity index (χ0) is 11.8. The van der Waals surface area contributed by atoms with E-state index >= 15 is 0 Å². The molecule has 0 aliphatic heterocycles. The maximum absolute atomic E-state index is 13.8. The van der Waals surface area contributed by atoms with Gasteiger partial charge in [-0.1, -0.05) is 0 Å². The van der Waals surface area contributed by atoms with Crippen molar-refractivity contribution >= 4 is 22.0 Å². The van der Waals surface area contributed by atoms with Crippen LogP contribution in [0.3, 0.4) is 0 Å². The molecule has 2 rings (SSSR count). The van der Waals surface area contributed by atoms with Gasteiger partial charge < -0.3 is 0 Å². The Labute approximate surface area is 99.5 Å². The van der Waals surface area contributed by atoms with E-state index < -0.39 is 17.2 Å². The second-order valence-electron chi connectivity index (χ2n) is 3.84. The molecule has 0 amide bonds. The Hall–Kier alpha value is -1.06. The molecular weight excluding hydrogens is 280 g/mol.